The molecule has 0 aliphatic rings. The average molecular weight is 190 g/mol. The Balaban J connectivity index is 3.01. The summed E-state index contributed by atoms with van der Waals surface area (Å²) in [6.45, 7) is 9.10. The molecule has 0 aliphatic heterocycles. The molecule has 0 atom stereocenters. The molecule has 0 saturated heterocycles. The molecule has 0 bridgehead atoms. The number of aryl methyl sites for hydroxylation is 1. The third-order valence-corrected chi connectivity index (χ3v) is 1.92. The van der Waals surface area contributed by atoms with Crippen LogP contribution in [0.5, 0.6) is 5.75 Å². The molecule has 1 aromatic carbocycles. The summed E-state index contributed by atoms with van der Waals surface area (Å²) in [7, 11) is 0. The molecule has 0 aliphatic carbocycles. The Morgan fingerprint density at radius 1 is 1.36 bits per heavy atom. The van der Waals surface area contributed by atoms with Gasteiger partial charge in [-0.05, 0) is 37.1 Å². The Morgan fingerprint density at radius 2 is 2.00 bits per heavy atom. The highest BCUT2D eigenvalue weighted by molar-refractivity contribution is 5.70. The summed E-state index contributed by atoms with van der Waals surface area (Å²) in [4.78, 5) is 10.7. The normalized spacial score (nSPS) is 9.64. The van der Waals surface area contributed by atoms with Gasteiger partial charge < -0.3 is 4.74 Å². The van der Waals surface area contributed by atoms with Crippen LogP contribution in [0.4, 0.5) is 0 Å². The highest BCUT2D eigenvalue weighted by Crippen LogP contribution is 2.22. The van der Waals surface area contributed by atoms with Gasteiger partial charge in [0.05, 0.1) is 0 Å². The summed E-state index contributed by atoms with van der Waals surface area (Å²) in [5.41, 5.74) is 3.02. The van der Waals surface area contributed by atoms with E-state index in [0.717, 1.165) is 16.7 Å². The molecule has 1 rings (SSSR count). The van der Waals surface area contributed by atoms with E-state index in [1.54, 1.807) is 6.07 Å². The number of ether oxygens (including phenoxy) is 1. The molecular weight excluding hydrogens is 176 g/mol. The third-order valence-electron chi connectivity index (χ3n) is 1.92. The smallest absolute Gasteiger partial charge is 0.308 e. The lowest BCUT2D eigenvalue weighted by Crippen LogP contribution is -2.02. The minimum absolute atomic E-state index is 0.295. The summed E-state index contributed by atoms with van der Waals surface area (Å²) in [6, 6.07) is 5.65. The lowest BCUT2D eigenvalue weighted by molar-refractivity contribution is -0.131. The zero-order chi connectivity index (χ0) is 10.7. The standard InChI is InChI=1S/C12H14O2/c1-8(2)11-5-6-12(9(3)7-11)14-10(4)13/h5-7H,1H2,2-4H3. The first kappa shape index (κ1) is 10.5. The maximum atomic E-state index is 10.7. The molecule has 2 nitrogen and oxygen atoms in total. The molecule has 0 heterocycles. The molecule has 0 spiro atoms. The predicted molar refractivity (Wildman–Crippen MR) is 57.2 cm³/mol. The minimum atomic E-state index is -0.295. The molecule has 0 N–H and O–H groups in total. The molecule has 0 unspecified atom stereocenters. The van der Waals surface area contributed by atoms with Gasteiger partial charge in [-0.25, -0.2) is 0 Å². The van der Waals surface area contributed by atoms with Gasteiger partial charge in [-0.15, -0.1) is 0 Å². The fraction of sp³-hybridized carbons (Fsp3) is 0.250. The zero-order valence-electron chi connectivity index (χ0n) is 8.76. The SMILES string of the molecule is C=C(C)c1ccc(OC(C)=O)c(C)c1. The van der Waals surface area contributed by atoms with Crippen LogP contribution in [-0.2, 0) is 4.79 Å². The average Bonchev–Trinajstić information content (AvgIpc) is 2.07. The summed E-state index contributed by atoms with van der Waals surface area (Å²) in [5.74, 6) is 0.318. The van der Waals surface area contributed by atoms with Gasteiger partial charge in [-0.1, -0.05) is 18.2 Å². The van der Waals surface area contributed by atoms with Crippen LogP contribution in [0.2, 0.25) is 0 Å². The van der Waals surface area contributed by atoms with E-state index in [2.05, 4.69) is 6.58 Å². The Bertz CT molecular complexity index is 378. The Hall–Kier alpha value is -1.57. The number of hydrogen-bond acceptors (Lipinski definition) is 2. The van der Waals surface area contributed by atoms with E-state index in [9.17, 15) is 4.79 Å². The Kier molecular flexibility index (Phi) is 3.07. The van der Waals surface area contributed by atoms with Crippen molar-refractivity contribution in [3.05, 3.63) is 35.9 Å². The van der Waals surface area contributed by atoms with Gasteiger partial charge in [-0.2, -0.15) is 0 Å². The first-order valence-electron chi connectivity index (χ1n) is 4.45. The zero-order valence-corrected chi connectivity index (χ0v) is 8.76. The Labute approximate surface area is 84.2 Å². The van der Waals surface area contributed by atoms with Crippen LogP contribution < -0.4 is 4.74 Å². The predicted octanol–water partition coefficient (Wildman–Crippen LogP) is 2.95. The van der Waals surface area contributed by atoms with E-state index in [0.29, 0.717) is 5.75 Å². The number of benzene rings is 1. The highest BCUT2D eigenvalue weighted by Gasteiger charge is 2.03. The quantitative estimate of drug-likeness (QED) is 0.529. The van der Waals surface area contributed by atoms with Crippen LogP contribution in [0.1, 0.15) is 25.0 Å². The summed E-state index contributed by atoms with van der Waals surface area (Å²) >= 11 is 0. The van der Waals surface area contributed by atoms with E-state index in [1.807, 2.05) is 26.0 Å². The van der Waals surface area contributed by atoms with Gasteiger partial charge in [0.15, 0.2) is 0 Å². The number of carbonyl (C=O) groups is 1. The number of carbonyl (C=O) groups excluding carboxylic acids is 1. The first-order valence-corrected chi connectivity index (χ1v) is 4.45. The van der Waals surface area contributed by atoms with Gasteiger partial charge in [0, 0.05) is 6.92 Å². The largest absolute Gasteiger partial charge is 0.426 e. The molecule has 0 amide bonds. The van der Waals surface area contributed by atoms with Crippen molar-refractivity contribution in [2.24, 2.45) is 0 Å². The van der Waals surface area contributed by atoms with Gasteiger partial charge >= 0.3 is 5.97 Å². The topological polar surface area (TPSA) is 26.3 Å². The monoisotopic (exact) mass is 190 g/mol. The van der Waals surface area contributed by atoms with Crippen molar-refractivity contribution < 1.29 is 9.53 Å². The summed E-state index contributed by atoms with van der Waals surface area (Å²) < 4.78 is 5.01. The highest BCUT2D eigenvalue weighted by atomic mass is 16.5. The van der Waals surface area contributed by atoms with Gasteiger partial charge in [0.25, 0.3) is 0 Å². The maximum Gasteiger partial charge on any atom is 0.308 e. The fourth-order valence-electron chi connectivity index (χ4n) is 1.18. The molecule has 0 saturated carbocycles. The molecule has 0 aromatic heterocycles. The van der Waals surface area contributed by atoms with Gasteiger partial charge in [0.1, 0.15) is 5.75 Å². The van der Waals surface area contributed by atoms with Crippen molar-refractivity contribution in [1.29, 1.82) is 0 Å². The van der Waals surface area contributed by atoms with Crippen LogP contribution in [0.25, 0.3) is 5.57 Å². The van der Waals surface area contributed by atoms with Crippen LogP contribution in [-0.4, -0.2) is 5.97 Å². The lowest BCUT2D eigenvalue weighted by atomic mass is 10.1. The van der Waals surface area contributed by atoms with Crippen molar-refractivity contribution in [3.63, 3.8) is 0 Å². The van der Waals surface area contributed by atoms with E-state index in [-0.39, 0.29) is 5.97 Å². The van der Waals surface area contributed by atoms with E-state index in [1.165, 1.54) is 6.92 Å². The molecular formula is C12H14O2. The summed E-state index contributed by atoms with van der Waals surface area (Å²) in [5, 5.41) is 0. The van der Waals surface area contributed by atoms with Gasteiger partial charge in [-0.3, -0.25) is 4.79 Å². The van der Waals surface area contributed by atoms with Gasteiger partial charge in [0.2, 0.25) is 0 Å². The van der Waals surface area contributed by atoms with Crippen LogP contribution >= 0.6 is 0 Å². The maximum absolute atomic E-state index is 10.7. The minimum Gasteiger partial charge on any atom is -0.426 e. The first-order chi connectivity index (χ1) is 6.50. The molecule has 0 radical (unpaired) electrons. The third kappa shape index (κ3) is 2.46. The molecule has 74 valence electrons. The number of hydrogen-bond donors (Lipinski definition) is 0. The second-order valence-electron chi connectivity index (χ2n) is 3.35. The van der Waals surface area contributed by atoms with Crippen LogP contribution in [0.3, 0.4) is 0 Å². The van der Waals surface area contributed by atoms with Crippen molar-refractivity contribution in [2.45, 2.75) is 20.8 Å². The molecule has 2 heteroatoms. The van der Waals surface area contributed by atoms with E-state index < -0.39 is 0 Å². The van der Waals surface area contributed by atoms with Crippen molar-refractivity contribution >= 4 is 11.5 Å². The lowest BCUT2D eigenvalue weighted by Gasteiger charge is -2.07. The van der Waals surface area contributed by atoms with Crippen molar-refractivity contribution in [3.8, 4) is 5.75 Å². The van der Waals surface area contributed by atoms with E-state index >= 15 is 0 Å². The Morgan fingerprint density at radius 3 is 2.43 bits per heavy atom. The number of rotatable bonds is 2. The van der Waals surface area contributed by atoms with Crippen LogP contribution in [0.15, 0.2) is 24.8 Å². The molecule has 1 aromatic rings. The van der Waals surface area contributed by atoms with Crippen LogP contribution in [0, 0.1) is 6.92 Å². The molecule has 14 heavy (non-hydrogen) atoms. The van der Waals surface area contributed by atoms with Crippen molar-refractivity contribution in [2.75, 3.05) is 0 Å². The molecule has 0 fully saturated rings. The number of allylic oxidation sites excluding steroid dienone is 1. The van der Waals surface area contributed by atoms with E-state index in [4.69, 9.17) is 4.74 Å². The summed E-state index contributed by atoms with van der Waals surface area (Å²) in [6.07, 6.45) is 0. The fourth-order valence-corrected chi connectivity index (χ4v) is 1.18. The second kappa shape index (κ2) is 4.09. The number of esters is 1. The van der Waals surface area contributed by atoms with Crippen molar-refractivity contribution in [1.82, 2.24) is 0 Å². The second-order valence-corrected chi connectivity index (χ2v) is 3.35.